The van der Waals surface area contributed by atoms with Crippen LogP contribution in [0.3, 0.4) is 0 Å². The van der Waals surface area contributed by atoms with Crippen molar-refractivity contribution in [2.24, 2.45) is 0 Å². The van der Waals surface area contributed by atoms with Crippen molar-refractivity contribution in [1.82, 2.24) is 0 Å². The molecule has 0 spiro atoms. The lowest BCUT2D eigenvalue weighted by molar-refractivity contribution is -0.156. The number of hydrogen-bond acceptors (Lipinski definition) is 5. The second-order valence-electron chi connectivity index (χ2n) is 2.60. The lowest BCUT2D eigenvalue weighted by Gasteiger charge is -2.11. The maximum Gasteiger partial charge on any atom is 0.334 e. The van der Waals surface area contributed by atoms with E-state index >= 15 is 0 Å². The predicted molar refractivity (Wildman–Crippen MR) is 50.0 cm³/mol. The molecule has 0 fully saturated rings. The molecule has 0 aromatic carbocycles. The predicted octanol–water partition coefficient (Wildman–Crippen LogP) is -0.0365. The molecule has 0 radical (unpaired) electrons. The maximum absolute atomic E-state index is 11.0. The number of hydrogen-bond donors (Lipinski definition) is 1. The van der Waals surface area contributed by atoms with Crippen LogP contribution in [0.2, 0.25) is 0 Å². The molecule has 0 aliphatic heterocycles. The Kier molecular flexibility index (Phi) is 8.51. The van der Waals surface area contributed by atoms with Gasteiger partial charge in [-0.25, -0.2) is 4.79 Å². The van der Waals surface area contributed by atoms with E-state index in [1.54, 1.807) is 13.8 Å². The zero-order valence-corrected chi connectivity index (χ0v) is 8.69. The van der Waals surface area contributed by atoms with Crippen molar-refractivity contribution in [3.05, 3.63) is 0 Å². The molecule has 0 saturated carbocycles. The first-order valence-corrected chi connectivity index (χ1v) is 4.69. The molecule has 84 valence electrons. The molecule has 1 atom stereocenters. The monoisotopic (exact) mass is 206 g/mol. The van der Waals surface area contributed by atoms with Gasteiger partial charge in [0.05, 0.1) is 33.0 Å². The molecular formula is C9H18O5. The summed E-state index contributed by atoms with van der Waals surface area (Å²) >= 11 is 0. The molecule has 0 saturated heterocycles. The van der Waals surface area contributed by atoms with Crippen LogP contribution in [0, 0.1) is 0 Å². The third-order valence-electron chi connectivity index (χ3n) is 1.45. The Hall–Kier alpha value is -0.650. The Morgan fingerprint density at radius 1 is 1.36 bits per heavy atom. The summed E-state index contributed by atoms with van der Waals surface area (Å²) in [4.78, 5) is 11.0. The van der Waals surface area contributed by atoms with Gasteiger partial charge in [0.2, 0.25) is 0 Å². The van der Waals surface area contributed by atoms with Gasteiger partial charge in [0.25, 0.3) is 0 Å². The van der Waals surface area contributed by atoms with Gasteiger partial charge in [0, 0.05) is 0 Å². The molecule has 0 rings (SSSR count). The Bertz CT molecular complexity index is 148. The molecule has 14 heavy (non-hydrogen) atoms. The third kappa shape index (κ3) is 6.82. The average Bonchev–Trinajstić information content (AvgIpc) is 2.17. The second-order valence-corrected chi connectivity index (χ2v) is 2.60. The molecule has 0 heterocycles. The fourth-order valence-corrected chi connectivity index (χ4v) is 0.778. The van der Waals surface area contributed by atoms with Crippen molar-refractivity contribution >= 4 is 5.97 Å². The number of carbonyl (C=O) groups is 1. The summed E-state index contributed by atoms with van der Waals surface area (Å²) in [6.45, 7) is 4.70. The van der Waals surface area contributed by atoms with Gasteiger partial charge >= 0.3 is 5.97 Å². The Morgan fingerprint density at radius 3 is 2.64 bits per heavy atom. The van der Waals surface area contributed by atoms with Crippen LogP contribution in [-0.2, 0) is 19.0 Å². The maximum atomic E-state index is 11.0. The smallest absolute Gasteiger partial charge is 0.334 e. The van der Waals surface area contributed by atoms with Crippen LogP contribution in [-0.4, -0.2) is 50.2 Å². The molecule has 0 bridgehead atoms. The van der Waals surface area contributed by atoms with Gasteiger partial charge in [0.1, 0.15) is 0 Å². The third-order valence-corrected chi connectivity index (χ3v) is 1.45. The summed E-state index contributed by atoms with van der Waals surface area (Å²) in [5.41, 5.74) is 0. The average molecular weight is 206 g/mol. The Labute approximate surface area is 84.0 Å². The summed E-state index contributed by atoms with van der Waals surface area (Å²) in [5.74, 6) is -0.366. The quantitative estimate of drug-likeness (QED) is 0.446. The minimum absolute atomic E-state index is 0.00652. The molecule has 0 aliphatic carbocycles. The largest absolute Gasteiger partial charge is 0.464 e. The number of esters is 1. The van der Waals surface area contributed by atoms with Crippen LogP contribution in [0.5, 0.6) is 0 Å². The minimum Gasteiger partial charge on any atom is -0.464 e. The Morgan fingerprint density at radius 2 is 2.07 bits per heavy atom. The summed E-state index contributed by atoms with van der Waals surface area (Å²) in [6, 6.07) is 0. The lowest BCUT2D eigenvalue weighted by atomic mass is 10.4. The van der Waals surface area contributed by atoms with Crippen molar-refractivity contribution in [3.63, 3.8) is 0 Å². The van der Waals surface area contributed by atoms with Gasteiger partial charge in [-0.05, 0) is 13.8 Å². The number of aliphatic hydroxyl groups is 1. The first-order valence-electron chi connectivity index (χ1n) is 4.69. The van der Waals surface area contributed by atoms with Gasteiger partial charge in [-0.3, -0.25) is 0 Å². The number of carbonyl (C=O) groups excluding carboxylic acids is 1. The van der Waals surface area contributed by atoms with Crippen LogP contribution in [0.4, 0.5) is 0 Å². The highest BCUT2D eigenvalue weighted by atomic mass is 16.6. The molecule has 0 amide bonds. The highest BCUT2D eigenvalue weighted by molar-refractivity contribution is 5.74. The number of rotatable bonds is 8. The number of ether oxygens (including phenoxy) is 3. The SMILES string of the molecule is CCOC(=O)C(C)OCCOCCO. The van der Waals surface area contributed by atoms with E-state index in [0.717, 1.165) is 0 Å². The van der Waals surface area contributed by atoms with Crippen LogP contribution in [0.15, 0.2) is 0 Å². The van der Waals surface area contributed by atoms with Crippen molar-refractivity contribution in [2.45, 2.75) is 20.0 Å². The van der Waals surface area contributed by atoms with E-state index in [1.807, 2.05) is 0 Å². The molecule has 1 N–H and O–H groups in total. The lowest BCUT2D eigenvalue weighted by Crippen LogP contribution is -2.25. The highest BCUT2D eigenvalue weighted by Crippen LogP contribution is 1.94. The van der Waals surface area contributed by atoms with Crippen LogP contribution < -0.4 is 0 Å². The van der Waals surface area contributed by atoms with Gasteiger partial charge in [0.15, 0.2) is 6.10 Å². The van der Waals surface area contributed by atoms with E-state index in [2.05, 4.69) is 0 Å². The molecule has 1 unspecified atom stereocenters. The normalized spacial score (nSPS) is 12.5. The summed E-state index contributed by atoms with van der Waals surface area (Å²) in [5, 5.41) is 8.39. The standard InChI is InChI=1S/C9H18O5/c1-3-13-9(11)8(2)14-7-6-12-5-4-10/h8,10H,3-7H2,1-2H3. The van der Waals surface area contributed by atoms with E-state index in [1.165, 1.54) is 0 Å². The molecule has 0 aromatic heterocycles. The fraction of sp³-hybridized carbons (Fsp3) is 0.889. The first kappa shape index (κ1) is 13.4. The van der Waals surface area contributed by atoms with Gasteiger partial charge in [-0.1, -0.05) is 0 Å². The highest BCUT2D eigenvalue weighted by Gasteiger charge is 2.13. The second kappa shape index (κ2) is 8.93. The van der Waals surface area contributed by atoms with E-state index in [9.17, 15) is 4.79 Å². The molecule has 0 aromatic rings. The van der Waals surface area contributed by atoms with E-state index in [4.69, 9.17) is 19.3 Å². The van der Waals surface area contributed by atoms with Crippen molar-refractivity contribution in [1.29, 1.82) is 0 Å². The summed E-state index contributed by atoms with van der Waals surface area (Å²) in [7, 11) is 0. The summed E-state index contributed by atoms with van der Waals surface area (Å²) in [6.07, 6.45) is -0.562. The minimum atomic E-state index is -0.562. The van der Waals surface area contributed by atoms with Crippen LogP contribution >= 0.6 is 0 Å². The van der Waals surface area contributed by atoms with Gasteiger partial charge < -0.3 is 19.3 Å². The van der Waals surface area contributed by atoms with Crippen molar-refractivity contribution in [2.75, 3.05) is 33.0 Å². The van der Waals surface area contributed by atoms with Crippen LogP contribution in [0.1, 0.15) is 13.8 Å². The molecule has 5 nitrogen and oxygen atoms in total. The van der Waals surface area contributed by atoms with Crippen molar-refractivity contribution < 1.29 is 24.1 Å². The molecular weight excluding hydrogens is 188 g/mol. The topological polar surface area (TPSA) is 65.0 Å². The van der Waals surface area contributed by atoms with Crippen LogP contribution in [0.25, 0.3) is 0 Å². The molecule has 0 aliphatic rings. The Balaban J connectivity index is 3.34. The van der Waals surface area contributed by atoms with Gasteiger partial charge in [-0.2, -0.15) is 0 Å². The van der Waals surface area contributed by atoms with Gasteiger partial charge in [-0.15, -0.1) is 0 Å². The summed E-state index contributed by atoms with van der Waals surface area (Å²) < 4.78 is 14.8. The van der Waals surface area contributed by atoms with Crippen molar-refractivity contribution in [3.8, 4) is 0 Å². The first-order chi connectivity index (χ1) is 6.72. The van der Waals surface area contributed by atoms with E-state index < -0.39 is 6.10 Å². The van der Waals surface area contributed by atoms with E-state index in [-0.39, 0.29) is 19.2 Å². The van der Waals surface area contributed by atoms with E-state index in [0.29, 0.717) is 19.8 Å². The zero-order chi connectivity index (χ0) is 10.8. The number of aliphatic hydroxyl groups excluding tert-OH is 1. The molecule has 5 heteroatoms. The fourth-order valence-electron chi connectivity index (χ4n) is 0.778. The zero-order valence-electron chi connectivity index (χ0n) is 8.69.